The highest BCUT2D eigenvalue weighted by Gasteiger charge is 2.76. The quantitative estimate of drug-likeness (QED) is 0.316. The van der Waals surface area contributed by atoms with Gasteiger partial charge in [0, 0.05) is 13.3 Å². The van der Waals surface area contributed by atoms with E-state index in [0.717, 1.165) is 6.26 Å². The topological polar surface area (TPSA) is 180 Å². The molecule has 2 saturated heterocycles. The van der Waals surface area contributed by atoms with E-state index in [1.807, 2.05) is 0 Å². The van der Waals surface area contributed by atoms with Crippen molar-refractivity contribution in [2.75, 3.05) is 13.7 Å². The number of hydrogen-bond donors (Lipinski definition) is 4. The molecule has 10 atom stereocenters. The molecule has 0 aromatic rings. The molecule has 198 valence electrons. The molecule has 1 saturated carbocycles. The van der Waals surface area contributed by atoms with E-state index in [1.54, 1.807) is 20.8 Å². The van der Waals surface area contributed by atoms with Gasteiger partial charge in [-0.1, -0.05) is 0 Å². The maximum absolute atomic E-state index is 12.8. The van der Waals surface area contributed by atoms with Gasteiger partial charge in [0.25, 0.3) is 0 Å². The molecule has 35 heavy (non-hydrogen) atoms. The van der Waals surface area contributed by atoms with E-state index < -0.39 is 84.6 Å². The predicted molar refractivity (Wildman–Crippen MR) is 111 cm³/mol. The summed E-state index contributed by atoms with van der Waals surface area (Å²) in [5, 5.41) is 40.2. The first kappa shape index (κ1) is 26.2. The van der Waals surface area contributed by atoms with Crippen LogP contribution in [0.4, 0.5) is 0 Å². The molecule has 3 fully saturated rings. The van der Waals surface area contributed by atoms with Crippen LogP contribution in [-0.4, -0.2) is 106 Å². The molecular formula is C22H32O13. The normalized spacial score (nSPS) is 46.1. The zero-order valence-electron chi connectivity index (χ0n) is 20.1. The molecule has 1 aliphatic carbocycles. The second-order valence-electron chi connectivity index (χ2n) is 9.85. The van der Waals surface area contributed by atoms with Crippen LogP contribution in [0.1, 0.15) is 34.1 Å². The number of hydrogen-bond acceptors (Lipinski definition) is 13. The van der Waals surface area contributed by atoms with Gasteiger partial charge in [0.2, 0.25) is 6.29 Å². The van der Waals surface area contributed by atoms with E-state index in [2.05, 4.69) is 0 Å². The average Bonchev–Trinajstić information content (AvgIpc) is 3.14. The van der Waals surface area contributed by atoms with Crippen LogP contribution in [0.25, 0.3) is 0 Å². The van der Waals surface area contributed by atoms with Crippen molar-refractivity contribution >= 4 is 11.9 Å². The van der Waals surface area contributed by atoms with Gasteiger partial charge >= 0.3 is 11.9 Å². The van der Waals surface area contributed by atoms with Crippen LogP contribution in [0.5, 0.6) is 0 Å². The summed E-state index contributed by atoms with van der Waals surface area (Å²) < 4.78 is 40.2. The molecule has 0 amide bonds. The van der Waals surface area contributed by atoms with E-state index >= 15 is 0 Å². The number of carbonyl (C=O) groups excluding carboxylic acids is 2. The number of aliphatic hydroxyl groups excluding tert-OH is 4. The van der Waals surface area contributed by atoms with Gasteiger partial charge in [0.1, 0.15) is 47.5 Å². The molecule has 3 heterocycles. The first-order valence-electron chi connectivity index (χ1n) is 11.3. The van der Waals surface area contributed by atoms with Crippen LogP contribution in [0.2, 0.25) is 0 Å². The Kier molecular flexibility index (Phi) is 6.69. The van der Waals surface area contributed by atoms with Crippen molar-refractivity contribution in [3.63, 3.8) is 0 Å². The van der Waals surface area contributed by atoms with Crippen molar-refractivity contribution < 1.29 is 63.2 Å². The van der Waals surface area contributed by atoms with E-state index in [-0.39, 0.29) is 12.0 Å². The van der Waals surface area contributed by atoms with Crippen molar-refractivity contribution in [1.82, 2.24) is 0 Å². The summed E-state index contributed by atoms with van der Waals surface area (Å²) in [4.78, 5) is 24.9. The minimum atomic E-state index is -1.72. The summed E-state index contributed by atoms with van der Waals surface area (Å²) in [5.74, 6) is -3.53. The Hall–Kier alpha value is -1.84. The smallest absolute Gasteiger partial charge is 0.339 e. The van der Waals surface area contributed by atoms with Crippen LogP contribution in [0.3, 0.4) is 0 Å². The molecule has 0 radical (unpaired) electrons. The molecule has 13 nitrogen and oxygen atoms in total. The van der Waals surface area contributed by atoms with Gasteiger partial charge in [0.15, 0.2) is 12.1 Å². The SMILES string of the molecule is COC(=O)C1=COC(OC2OC(CO)C(O)C(O)C2O)C2C(C)(OC(C)=O)CC3OC(C)(C)OC132. The highest BCUT2D eigenvalue weighted by molar-refractivity contribution is 5.91. The van der Waals surface area contributed by atoms with E-state index in [1.165, 1.54) is 14.0 Å². The molecule has 0 bridgehead atoms. The summed E-state index contributed by atoms with van der Waals surface area (Å²) in [6, 6.07) is 0. The fraction of sp³-hybridized carbons (Fsp3) is 0.818. The molecule has 10 unspecified atom stereocenters. The van der Waals surface area contributed by atoms with Gasteiger partial charge in [-0.15, -0.1) is 0 Å². The van der Waals surface area contributed by atoms with Gasteiger partial charge in [-0.2, -0.15) is 0 Å². The maximum Gasteiger partial charge on any atom is 0.339 e. The lowest BCUT2D eigenvalue weighted by molar-refractivity contribution is -0.354. The Balaban J connectivity index is 1.77. The van der Waals surface area contributed by atoms with Gasteiger partial charge in [-0.25, -0.2) is 4.79 Å². The first-order valence-corrected chi connectivity index (χ1v) is 11.3. The van der Waals surface area contributed by atoms with Crippen molar-refractivity contribution in [2.24, 2.45) is 5.92 Å². The monoisotopic (exact) mass is 504 g/mol. The number of rotatable bonds is 5. The number of aliphatic hydroxyl groups is 4. The first-order chi connectivity index (χ1) is 16.3. The number of carbonyl (C=O) groups is 2. The Morgan fingerprint density at radius 1 is 1.11 bits per heavy atom. The third-order valence-electron chi connectivity index (χ3n) is 6.94. The largest absolute Gasteiger partial charge is 0.471 e. The van der Waals surface area contributed by atoms with Crippen LogP contribution in [-0.2, 0) is 42.7 Å². The van der Waals surface area contributed by atoms with Crippen molar-refractivity contribution in [2.45, 2.75) is 94.2 Å². The summed E-state index contributed by atoms with van der Waals surface area (Å²) in [5.41, 5.74) is -2.87. The minimum absolute atomic E-state index is 0.00916. The molecule has 13 heteroatoms. The third kappa shape index (κ3) is 4.13. The predicted octanol–water partition coefficient (Wildman–Crippen LogP) is -1.55. The Bertz CT molecular complexity index is 887. The summed E-state index contributed by atoms with van der Waals surface area (Å²) >= 11 is 0. The van der Waals surface area contributed by atoms with Crippen LogP contribution in [0, 0.1) is 5.92 Å². The molecular weight excluding hydrogens is 472 g/mol. The zero-order chi connectivity index (χ0) is 25.9. The number of esters is 2. The molecule has 4 N–H and O–H groups in total. The van der Waals surface area contributed by atoms with Crippen molar-refractivity contribution in [1.29, 1.82) is 0 Å². The molecule has 0 aromatic carbocycles. The van der Waals surface area contributed by atoms with E-state index in [9.17, 15) is 30.0 Å². The van der Waals surface area contributed by atoms with E-state index in [4.69, 9.17) is 33.2 Å². The number of methoxy groups -OCH3 is 1. The standard InChI is InChI=1S/C22H32O13/c1-9(24)33-21(4)6-12-22(35-20(2,3)34-12)10(17(28)29-5)8-30-19(16(21)22)32-18-15(27)14(26)13(25)11(7-23)31-18/h8,11-16,18-19,23,25-27H,6-7H2,1-5H3. The Morgan fingerprint density at radius 3 is 2.40 bits per heavy atom. The van der Waals surface area contributed by atoms with Crippen LogP contribution >= 0.6 is 0 Å². The zero-order valence-corrected chi connectivity index (χ0v) is 20.1. The lowest BCUT2D eigenvalue weighted by Gasteiger charge is -2.48. The molecule has 4 rings (SSSR count). The summed E-state index contributed by atoms with van der Waals surface area (Å²) in [6.07, 6.45) is -8.69. The molecule has 3 aliphatic heterocycles. The van der Waals surface area contributed by atoms with Gasteiger partial charge in [-0.3, -0.25) is 4.79 Å². The maximum atomic E-state index is 12.8. The molecule has 1 spiro atoms. The lowest BCUT2D eigenvalue weighted by Crippen LogP contribution is -2.63. The Morgan fingerprint density at radius 2 is 1.80 bits per heavy atom. The van der Waals surface area contributed by atoms with Gasteiger partial charge in [-0.05, 0) is 20.8 Å². The third-order valence-corrected chi connectivity index (χ3v) is 6.94. The number of ether oxygens (including phenoxy) is 7. The van der Waals surface area contributed by atoms with Gasteiger partial charge in [0.05, 0.1) is 25.7 Å². The second kappa shape index (κ2) is 8.92. The fourth-order valence-electron chi connectivity index (χ4n) is 5.70. The highest BCUT2D eigenvalue weighted by Crippen LogP contribution is 2.61. The second-order valence-corrected chi connectivity index (χ2v) is 9.85. The summed E-state index contributed by atoms with van der Waals surface area (Å²) in [7, 11) is 1.20. The fourth-order valence-corrected chi connectivity index (χ4v) is 5.70. The van der Waals surface area contributed by atoms with Crippen molar-refractivity contribution in [3.8, 4) is 0 Å². The van der Waals surface area contributed by atoms with E-state index in [0.29, 0.717) is 0 Å². The molecule has 4 aliphatic rings. The van der Waals surface area contributed by atoms with Crippen LogP contribution in [0.15, 0.2) is 11.8 Å². The minimum Gasteiger partial charge on any atom is -0.471 e. The summed E-state index contributed by atoms with van der Waals surface area (Å²) in [6.45, 7) is 5.52. The van der Waals surface area contributed by atoms with Crippen LogP contribution < -0.4 is 0 Å². The van der Waals surface area contributed by atoms with Crippen molar-refractivity contribution in [3.05, 3.63) is 11.8 Å². The average molecular weight is 504 g/mol. The lowest BCUT2D eigenvalue weighted by atomic mass is 9.76. The molecule has 0 aromatic heterocycles. The Labute approximate surface area is 201 Å². The van der Waals surface area contributed by atoms with Gasteiger partial charge < -0.3 is 53.6 Å². The highest BCUT2D eigenvalue weighted by atomic mass is 16.8.